The van der Waals surface area contributed by atoms with E-state index in [0.29, 0.717) is 4.31 Å². The van der Waals surface area contributed by atoms with E-state index < -0.39 is 23.0 Å². The van der Waals surface area contributed by atoms with Crippen LogP contribution in [0.5, 0.6) is 0 Å². The molecular weight excluding hydrogens is 202 g/mol. The fourth-order valence-corrected chi connectivity index (χ4v) is 1.81. The van der Waals surface area contributed by atoms with Gasteiger partial charge in [-0.2, -0.15) is 4.31 Å². The Balaban J connectivity index is 4.12. The van der Waals surface area contributed by atoms with Crippen LogP contribution in [0.1, 0.15) is 0 Å². The summed E-state index contributed by atoms with van der Waals surface area (Å²) >= 11 is 0. The van der Waals surface area contributed by atoms with Crippen molar-refractivity contribution in [3.63, 3.8) is 0 Å². The van der Waals surface area contributed by atoms with Crippen LogP contribution < -0.4 is 5.32 Å². The third-order valence-corrected chi connectivity index (χ3v) is 3.30. The fourth-order valence-electron chi connectivity index (χ4n) is 0.695. The summed E-state index contributed by atoms with van der Waals surface area (Å²) in [6.45, 7) is -0.484. The van der Waals surface area contributed by atoms with Gasteiger partial charge in [-0.3, -0.25) is 0 Å². The molecule has 80 valence electrons. The summed E-state index contributed by atoms with van der Waals surface area (Å²) in [5, 5.41) is 2.64. The van der Waals surface area contributed by atoms with Crippen molar-refractivity contribution >= 4 is 10.0 Å². The number of nitrogens with zero attached hydrogens (tertiary/aromatic N) is 1. The van der Waals surface area contributed by atoms with E-state index in [2.05, 4.69) is 5.32 Å². The summed E-state index contributed by atoms with van der Waals surface area (Å²) in [5.41, 5.74) is 0. The maximum atomic E-state index is 11.8. The Hall–Kier alpha value is -0.270. The van der Waals surface area contributed by atoms with E-state index in [4.69, 9.17) is 0 Å². The first-order valence-corrected chi connectivity index (χ1v) is 5.38. The molecule has 0 saturated carbocycles. The summed E-state index contributed by atoms with van der Waals surface area (Å²) in [4.78, 5) is 0. The van der Waals surface area contributed by atoms with E-state index in [-0.39, 0.29) is 12.3 Å². The molecule has 0 aliphatic carbocycles. The normalized spacial score (nSPS) is 12.8. The largest absolute Gasteiger partial charge is 0.319 e. The Morgan fingerprint density at radius 1 is 1.46 bits per heavy atom. The Labute approximate surface area is 77.0 Å². The van der Waals surface area contributed by atoms with Gasteiger partial charge in [-0.05, 0) is 7.05 Å². The number of sulfonamides is 1. The van der Waals surface area contributed by atoms with E-state index in [1.165, 1.54) is 0 Å². The van der Waals surface area contributed by atoms with Crippen LogP contribution in [0.3, 0.4) is 0 Å². The van der Waals surface area contributed by atoms with Crippen molar-refractivity contribution in [2.75, 3.05) is 32.9 Å². The van der Waals surface area contributed by atoms with Crippen LogP contribution in [-0.2, 0) is 10.0 Å². The van der Waals surface area contributed by atoms with Gasteiger partial charge < -0.3 is 5.32 Å². The molecule has 4 nitrogen and oxygen atoms in total. The first-order chi connectivity index (χ1) is 5.90. The molecular formula is C6H14F2N2O2S. The lowest BCUT2D eigenvalue weighted by Gasteiger charge is -2.15. The van der Waals surface area contributed by atoms with Gasteiger partial charge in [0.25, 0.3) is 6.43 Å². The molecule has 0 radical (unpaired) electrons. The SMILES string of the molecule is CNCCS(=O)(=O)N(C)CC(F)F. The van der Waals surface area contributed by atoms with Crippen molar-refractivity contribution in [1.29, 1.82) is 0 Å². The number of nitrogens with one attached hydrogen (secondary N) is 1. The molecule has 0 fully saturated rings. The minimum Gasteiger partial charge on any atom is -0.319 e. The summed E-state index contributed by atoms with van der Waals surface area (Å²) in [6.07, 6.45) is -2.63. The number of hydrogen-bond donors (Lipinski definition) is 1. The van der Waals surface area contributed by atoms with Gasteiger partial charge in [-0.15, -0.1) is 0 Å². The van der Waals surface area contributed by atoms with E-state index in [1.807, 2.05) is 0 Å². The second-order valence-electron chi connectivity index (χ2n) is 2.59. The molecule has 0 aliphatic heterocycles. The Morgan fingerprint density at radius 2 is 2.00 bits per heavy atom. The second-order valence-corrected chi connectivity index (χ2v) is 4.79. The molecule has 0 heterocycles. The summed E-state index contributed by atoms with van der Waals surface area (Å²) in [7, 11) is -0.777. The van der Waals surface area contributed by atoms with Gasteiger partial charge in [0.2, 0.25) is 10.0 Å². The van der Waals surface area contributed by atoms with Crippen molar-refractivity contribution in [3.05, 3.63) is 0 Å². The zero-order valence-corrected chi connectivity index (χ0v) is 8.44. The van der Waals surface area contributed by atoms with Crippen molar-refractivity contribution < 1.29 is 17.2 Å². The average Bonchev–Trinajstić information content (AvgIpc) is 1.99. The molecule has 0 unspecified atom stereocenters. The van der Waals surface area contributed by atoms with E-state index in [1.54, 1.807) is 7.05 Å². The molecule has 0 amide bonds. The van der Waals surface area contributed by atoms with Crippen molar-refractivity contribution in [3.8, 4) is 0 Å². The highest BCUT2D eigenvalue weighted by Crippen LogP contribution is 2.02. The van der Waals surface area contributed by atoms with Crippen molar-refractivity contribution in [2.45, 2.75) is 6.43 Å². The predicted octanol–water partition coefficient (Wildman–Crippen LogP) is -0.268. The molecule has 0 bridgehead atoms. The molecule has 0 aromatic rings. The highest BCUT2D eigenvalue weighted by atomic mass is 32.2. The van der Waals surface area contributed by atoms with Crippen LogP contribution in [0.15, 0.2) is 0 Å². The zero-order valence-electron chi connectivity index (χ0n) is 7.63. The van der Waals surface area contributed by atoms with Gasteiger partial charge in [-0.25, -0.2) is 17.2 Å². The highest BCUT2D eigenvalue weighted by molar-refractivity contribution is 7.89. The third kappa shape index (κ3) is 5.12. The van der Waals surface area contributed by atoms with Gasteiger partial charge >= 0.3 is 0 Å². The van der Waals surface area contributed by atoms with E-state index in [9.17, 15) is 17.2 Å². The minimum atomic E-state index is -3.53. The van der Waals surface area contributed by atoms with Crippen molar-refractivity contribution in [1.82, 2.24) is 9.62 Å². The maximum absolute atomic E-state index is 11.8. The highest BCUT2D eigenvalue weighted by Gasteiger charge is 2.20. The Kier molecular flexibility index (Phi) is 5.34. The molecule has 1 N–H and O–H groups in total. The van der Waals surface area contributed by atoms with Crippen LogP contribution in [0, 0.1) is 0 Å². The zero-order chi connectivity index (χ0) is 10.5. The lowest BCUT2D eigenvalue weighted by Crippen LogP contribution is -2.35. The maximum Gasteiger partial charge on any atom is 0.252 e. The summed E-state index contributed by atoms with van der Waals surface area (Å²) in [6, 6.07) is 0. The van der Waals surface area contributed by atoms with Gasteiger partial charge in [0.15, 0.2) is 0 Å². The van der Waals surface area contributed by atoms with E-state index in [0.717, 1.165) is 7.05 Å². The standard InChI is InChI=1S/C6H14F2N2O2S/c1-9-3-4-13(11,12)10(2)5-6(7)8/h6,9H,3-5H2,1-2H3. The molecule has 0 aromatic carbocycles. The van der Waals surface area contributed by atoms with Gasteiger partial charge in [0, 0.05) is 13.6 Å². The van der Waals surface area contributed by atoms with Crippen LogP contribution >= 0.6 is 0 Å². The van der Waals surface area contributed by atoms with Crippen LogP contribution in [0.4, 0.5) is 8.78 Å². The van der Waals surface area contributed by atoms with Crippen LogP contribution in [-0.4, -0.2) is 52.1 Å². The number of rotatable bonds is 6. The molecule has 0 spiro atoms. The molecule has 13 heavy (non-hydrogen) atoms. The smallest absolute Gasteiger partial charge is 0.252 e. The fraction of sp³-hybridized carbons (Fsp3) is 1.00. The number of halogens is 2. The predicted molar refractivity (Wildman–Crippen MR) is 46.3 cm³/mol. The lowest BCUT2D eigenvalue weighted by molar-refractivity contribution is 0.126. The molecule has 0 aromatic heterocycles. The Bertz CT molecular complexity index is 231. The molecule has 7 heteroatoms. The summed E-state index contributed by atoms with van der Waals surface area (Å²) in [5.74, 6) is -0.160. The second kappa shape index (κ2) is 5.46. The molecule has 0 aliphatic rings. The van der Waals surface area contributed by atoms with E-state index >= 15 is 0 Å². The Morgan fingerprint density at radius 3 is 2.38 bits per heavy atom. The molecule has 0 saturated heterocycles. The van der Waals surface area contributed by atoms with Crippen LogP contribution in [0.25, 0.3) is 0 Å². The number of hydrogen-bond acceptors (Lipinski definition) is 3. The monoisotopic (exact) mass is 216 g/mol. The van der Waals surface area contributed by atoms with Gasteiger partial charge in [0.1, 0.15) is 0 Å². The first kappa shape index (κ1) is 12.7. The summed E-state index contributed by atoms with van der Waals surface area (Å²) < 4.78 is 46.7. The lowest BCUT2D eigenvalue weighted by atomic mass is 10.7. The minimum absolute atomic E-state index is 0.160. The molecule has 0 atom stereocenters. The number of alkyl halides is 2. The van der Waals surface area contributed by atoms with Crippen molar-refractivity contribution in [2.24, 2.45) is 0 Å². The van der Waals surface area contributed by atoms with Gasteiger partial charge in [-0.1, -0.05) is 0 Å². The first-order valence-electron chi connectivity index (χ1n) is 3.77. The van der Waals surface area contributed by atoms with Crippen LogP contribution in [0.2, 0.25) is 0 Å². The third-order valence-electron chi connectivity index (χ3n) is 1.48. The van der Waals surface area contributed by atoms with Gasteiger partial charge in [0.05, 0.1) is 12.3 Å². The quantitative estimate of drug-likeness (QED) is 0.665. The average molecular weight is 216 g/mol. The molecule has 0 rings (SSSR count). The topological polar surface area (TPSA) is 49.4 Å².